The monoisotopic (exact) mass is 276 g/mol. The summed E-state index contributed by atoms with van der Waals surface area (Å²) in [6.07, 6.45) is 11.6. The van der Waals surface area contributed by atoms with Crippen LogP contribution in [0.2, 0.25) is 0 Å². The smallest absolute Gasteiger partial charge is 0.157 e. The summed E-state index contributed by atoms with van der Waals surface area (Å²) in [4.78, 5) is 5.13. The predicted octanol–water partition coefficient (Wildman–Crippen LogP) is 3.43. The van der Waals surface area contributed by atoms with Crippen LogP contribution in [0, 0.1) is 23.7 Å². The Morgan fingerprint density at radius 3 is 2.53 bits per heavy atom. The fraction of sp³-hybridized carbons (Fsp3) is 0.938. The van der Waals surface area contributed by atoms with Gasteiger partial charge in [0, 0.05) is 11.3 Å². The van der Waals surface area contributed by atoms with E-state index in [-0.39, 0.29) is 0 Å². The highest BCUT2D eigenvalue weighted by Gasteiger charge is 2.65. The fourth-order valence-electron chi connectivity index (χ4n) is 5.66. The van der Waals surface area contributed by atoms with E-state index < -0.39 is 0 Å². The maximum absolute atomic E-state index is 5.13. The van der Waals surface area contributed by atoms with Crippen molar-refractivity contribution >= 4 is 16.9 Å². The molecule has 1 heterocycles. The van der Waals surface area contributed by atoms with Crippen molar-refractivity contribution in [2.45, 2.75) is 62.9 Å². The molecule has 1 spiro atoms. The van der Waals surface area contributed by atoms with E-state index in [0.717, 1.165) is 29.7 Å². The van der Waals surface area contributed by atoms with E-state index in [1.54, 1.807) is 6.42 Å². The van der Waals surface area contributed by atoms with Crippen molar-refractivity contribution in [1.82, 2.24) is 5.32 Å². The zero-order valence-corrected chi connectivity index (χ0v) is 12.4. The Labute approximate surface area is 120 Å². The number of nitrogens with zero attached hydrogens (tertiary/aromatic N) is 1. The van der Waals surface area contributed by atoms with Crippen molar-refractivity contribution in [3.8, 4) is 0 Å². The van der Waals surface area contributed by atoms with Crippen molar-refractivity contribution in [2.24, 2.45) is 28.7 Å². The van der Waals surface area contributed by atoms with Gasteiger partial charge < -0.3 is 5.32 Å². The first kappa shape index (κ1) is 11.5. The third-order valence-corrected chi connectivity index (χ3v) is 7.81. The first-order valence-electron chi connectivity index (χ1n) is 8.33. The van der Waals surface area contributed by atoms with Gasteiger partial charge >= 0.3 is 0 Å². The van der Waals surface area contributed by atoms with Gasteiger partial charge in [-0.05, 0) is 55.8 Å². The lowest BCUT2D eigenvalue weighted by Crippen LogP contribution is -2.45. The topological polar surface area (TPSA) is 24.4 Å². The molecule has 2 bridgehead atoms. The molecule has 5 rings (SSSR count). The van der Waals surface area contributed by atoms with Gasteiger partial charge in [-0.2, -0.15) is 0 Å². The number of thioether (sulfide) groups is 1. The summed E-state index contributed by atoms with van der Waals surface area (Å²) in [7, 11) is 0. The molecule has 2 nitrogen and oxygen atoms in total. The van der Waals surface area contributed by atoms with E-state index >= 15 is 0 Å². The number of aliphatic imine (C=N–C) groups is 1. The molecule has 19 heavy (non-hydrogen) atoms. The van der Waals surface area contributed by atoms with E-state index in [1.165, 1.54) is 55.9 Å². The van der Waals surface area contributed by atoms with Crippen LogP contribution < -0.4 is 5.32 Å². The van der Waals surface area contributed by atoms with Gasteiger partial charge in [0.2, 0.25) is 0 Å². The van der Waals surface area contributed by atoms with Crippen LogP contribution in [-0.4, -0.2) is 22.5 Å². The van der Waals surface area contributed by atoms with Gasteiger partial charge in [0.15, 0.2) is 5.17 Å². The van der Waals surface area contributed by atoms with Gasteiger partial charge in [0.1, 0.15) is 0 Å². The second kappa shape index (κ2) is 3.93. The van der Waals surface area contributed by atoms with Crippen molar-refractivity contribution in [3.05, 3.63) is 0 Å². The Morgan fingerprint density at radius 2 is 1.79 bits per heavy atom. The standard InChI is InChI=1S/C16H24N2S/c1-2-6-16(7-3-1)9-19-15(18-16)17-14-12-10-4-5-11(8-10)13(12)14/h10-14H,1-9H2,(H,17,18). The minimum Gasteiger partial charge on any atom is -0.359 e. The number of fused-ring (bicyclic) bond motifs is 5. The van der Waals surface area contributed by atoms with Crippen LogP contribution in [0.15, 0.2) is 4.99 Å². The maximum atomic E-state index is 5.13. The third-order valence-electron chi connectivity index (χ3n) is 6.63. The molecule has 0 aromatic carbocycles. The quantitative estimate of drug-likeness (QED) is 0.793. The summed E-state index contributed by atoms with van der Waals surface area (Å²) in [5.74, 6) is 5.38. The largest absolute Gasteiger partial charge is 0.359 e. The number of rotatable bonds is 1. The van der Waals surface area contributed by atoms with Crippen LogP contribution in [0.25, 0.3) is 0 Å². The van der Waals surface area contributed by atoms with Crippen LogP contribution in [-0.2, 0) is 0 Å². The van der Waals surface area contributed by atoms with Crippen LogP contribution in [0.4, 0.5) is 0 Å². The molecule has 0 amide bonds. The van der Waals surface area contributed by atoms with E-state index in [2.05, 4.69) is 5.32 Å². The van der Waals surface area contributed by atoms with Gasteiger partial charge in [0.25, 0.3) is 0 Å². The molecule has 0 radical (unpaired) electrons. The summed E-state index contributed by atoms with van der Waals surface area (Å²) in [5.41, 5.74) is 0.435. The second-order valence-electron chi connectivity index (χ2n) is 7.67. The number of hydrogen-bond donors (Lipinski definition) is 1. The van der Waals surface area contributed by atoms with Crippen molar-refractivity contribution in [3.63, 3.8) is 0 Å². The molecule has 5 fully saturated rings. The molecule has 4 unspecified atom stereocenters. The lowest BCUT2D eigenvalue weighted by atomic mass is 9.83. The highest BCUT2D eigenvalue weighted by Crippen LogP contribution is 2.67. The zero-order chi connectivity index (χ0) is 12.4. The number of amidine groups is 1. The minimum atomic E-state index is 0.435. The molecule has 0 aromatic rings. The SMILES string of the molecule is C1CCC2(CC1)CSC(=NC1C3C4CCC(C4)C13)N2. The van der Waals surface area contributed by atoms with Gasteiger partial charge in [-0.3, -0.25) is 4.99 Å². The summed E-state index contributed by atoms with van der Waals surface area (Å²) >= 11 is 2.02. The van der Waals surface area contributed by atoms with Gasteiger partial charge in [-0.15, -0.1) is 0 Å². The van der Waals surface area contributed by atoms with Crippen LogP contribution in [0.1, 0.15) is 51.4 Å². The van der Waals surface area contributed by atoms with E-state index in [1.807, 2.05) is 11.8 Å². The van der Waals surface area contributed by atoms with Crippen LogP contribution in [0.5, 0.6) is 0 Å². The molecule has 1 aliphatic heterocycles. The molecule has 3 heteroatoms. The molecular formula is C16H24N2S. The first-order valence-corrected chi connectivity index (χ1v) is 9.32. The summed E-state index contributed by atoms with van der Waals surface area (Å²) < 4.78 is 0. The van der Waals surface area contributed by atoms with Crippen LogP contribution in [0.3, 0.4) is 0 Å². The Kier molecular flexibility index (Phi) is 2.37. The maximum Gasteiger partial charge on any atom is 0.157 e. The fourth-order valence-corrected chi connectivity index (χ4v) is 6.92. The second-order valence-corrected chi connectivity index (χ2v) is 8.63. The Bertz CT molecular complexity index is 410. The zero-order valence-electron chi connectivity index (χ0n) is 11.6. The Balaban J connectivity index is 1.29. The highest BCUT2D eigenvalue weighted by atomic mass is 32.2. The molecule has 4 atom stereocenters. The normalized spacial score (nSPS) is 51.6. The number of hydrogen-bond acceptors (Lipinski definition) is 2. The number of nitrogens with one attached hydrogen (secondary N) is 1. The summed E-state index contributed by atoms with van der Waals surface area (Å²) in [6.45, 7) is 0. The molecule has 104 valence electrons. The van der Waals surface area contributed by atoms with Gasteiger partial charge in [-0.25, -0.2) is 0 Å². The Hall–Kier alpha value is -0.180. The average Bonchev–Trinajstić information content (AvgIpc) is 2.82. The molecular weight excluding hydrogens is 252 g/mol. The lowest BCUT2D eigenvalue weighted by molar-refractivity contribution is 0.303. The van der Waals surface area contributed by atoms with Crippen molar-refractivity contribution < 1.29 is 0 Å². The molecule has 5 aliphatic rings. The molecule has 1 saturated heterocycles. The predicted molar refractivity (Wildman–Crippen MR) is 80.4 cm³/mol. The van der Waals surface area contributed by atoms with Crippen molar-refractivity contribution in [1.29, 1.82) is 0 Å². The third kappa shape index (κ3) is 1.66. The minimum absolute atomic E-state index is 0.435. The van der Waals surface area contributed by atoms with E-state index in [0.29, 0.717) is 5.54 Å². The first-order chi connectivity index (χ1) is 9.35. The summed E-state index contributed by atoms with van der Waals surface area (Å²) in [5, 5.41) is 5.14. The lowest BCUT2D eigenvalue weighted by Gasteiger charge is -2.32. The van der Waals surface area contributed by atoms with Crippen molar-refractivity contribution in [2.75, 3.05) is 5.75 Å². The highest BCUT2D eigenvalue weighted by molar-refractivity contribution is 8.14. The average molecular weight is 276 g/mol. The van der Waals surface area contributed by atoms with E-state index in [9.17, 15) is 0 Å². The molecule has 4 aliphatic carbocycles. The molecule has 1 N–H and O–H groups in total. The summed E-state index contributed by atoms with van der Waals surface area (Å²) in [6, 6.07) is 0.722. The van der Waals surface area contributed by atoms with E-state index in [4.69, 9.17) is 4.99 Å². The van der Waals surface area contributed by atoms with Gasteiger partial charge in [0.05, 0.1) is 6.04 Å². The van der Waals surface area contributed by atoms with Gasteiger partial charge in [-0.1, -0.05) is 31.0 Å². The Morgan fingerprint density at radius 1 is 1.05 bits per heavy atom. The molecule has 0 aromatic heterocycles. The molecule has 4 saturated carbocycles. The van der Waals surface area contributed by atoms with Crippen LogP contribution >= 0.6 is 11.8 Å².